The Hall–Kier alpha value is -2.34. The van der Waals surface area contributed by atoms with Gasteiger partial charge in [0.2, 0.25) is 5.91 Å². The summed E-state index contributed by atoms with van der Waals surface area (Å²) in [6.07, 6.45) is 5.68. The second-order valence-corrected chi connectivity index (χ2v) is 7.46. The number of aliphatic hydroxyl groups is 1. The second-order valence-electron chi connectivity index (χ2n) is 7.46. The Balaban J connectivity index is 1.33. The van der Waals surface area contributed by atoms with E-state index in [-0.39, 0.29) is 19.1 Å². The van der Waals surface area contributed by atoms with E-state index in [1.165, 1.54) is 12.8 Å². The van der Waals surface area contributed by atoms with E-state index in [2.05, 4.69) is 5.10 Å². The zero-order chi connectivity index (χ0) is 18.0. The van der Waals surface area contributed by atoms with Gasteiger partial charge in [-0.2, -0.15) is 5.10 Å². The molecular weight excluding hydrogens is 330 g/mol. The summed E-state index contributed by atoms with van der Waals surface area (Å²) < 4.78 is 7.44. The number of carbonyl (C=O) groups is 1. The second kappa shape index (κ2) is 7.11. The molecule has 6 nitrogen and oxygen atoms in total. The van der Waals surface area contributed by atoms with Crippen molar-refractivity contribution in [2.45, 2.75) is 43.7 Å². The van der Waals surface area contributed by atoms with Gasteiger partial charge in [-0.05, 0) is 43.9 Å². The maximum absolute atomic E-state index is 12.6. The van der Waals surface area contributed by atoms with E-state index in [1.54, 1.807) is 9.58 Å². The Morgan fingerprint density at radius 3 is 2.85 bits per heavy atom. The number of benzene rings is 1. The number of likely N-dealkylation sites (tertiary alicyclic amines) is 1. The molecule has 1 N–H and O–H groups in total. The summed E-state index contributed by atoms with van der Waals surface area (Å²) in [5.74, 6) is 1.31. The van der Waals surface area contributed by atoms with Crippen LogP contribution < -0.4 is 4.74 Å². The van der Waals surface area contributed by atoms with Crippen LogP contribution in [0.4, 0.5) is 0 Å². The lowest BCUT2D eigenvalue weighted by atomic mass is 9.93. The molecule has 1 unspecified atom stereocenters. The zero-order valence-corrected chi connectivity index (χ0v) is 14.9. The molecule has 6 heteroatoms. The Kier molecular flexibility index (Phi) is 4.68. The molecule has 26 heavy (non-hydrogen) atoms. The van der Waals surface area contributed by atoms with Crippen LogP contribution in [0.25, 0.3) is 0 Å². The molecule has 0 radical (unpaired) electrons. The van der Waals surface area contributed by atoms with E-state index in [0.29, 0.717) is 25.4 Å². The number of nitrogens with zero attached hydrogens (tertiary/aromatic N) is 3. The number of β-amino-alcohol motifs (C(OH)–C–C–N with tert-alkyl or cyclic N) is 1. The highest BCUT2D eigenvalue weighted by Crippen LogP contribution is 2.38. The summed E-state index contributed by atoms with van der Waals surface area (Å²) in [5.41, 5.74) is 0.0803. The number of hydrogen-bond acceptors (Lipinski definition) is 4. The van der Waals surface area contributed by atoms with Gasteiger partial charge in [-0.3, -0.25) is 9.48 Å². The van der Waals surface area contributed by atoms with Gasteiger partial charge in [0.1, 0.15) is 24.5 Å². The minimum Gasteiger partial charge on any atom is -0.491 e. The summed E-state index contributed by atoms with van der Waals surface area (Å²) in [7, 11) is 0. The molecule has 0 bridgehead atoms. The molecule has 138 valence electrons. The van der Waals surface area contributed by atoms with Crippen molar-refractivity contribution < 1.29 is 14.6 Å². The van der Waals surface area contributed by atoms with E-state index in [4.69, 9.17) is 4.74 Å². The van der Waals surface area contributed by atoms with Crippen molar-refractivity contribution in [1.82, 2.24) is 14.7 Å². The fraction of sp³-hybridized carbons (Fsp3) is 0.500. The summed E-state index contributed by atoms with van der Waals surface area (Å²) in [5, 5.41) is 15.4. The molecule has 2 aliphatic rings. The number of carbonyl (C=O) groups excluding carboxylic acids is 1. The van der Waals surface area contributed by atoms with Crippen LogP contribution in [0.2, 0.25) is 0 Å². The number of para-hydroxylation sites is 1. The lowest BCUT2D eigenvalue weighted by molar-refractivity contribution is -0.140. The van der Waals surface area contributed by atoms with Crippen LogP contribution in [0.5, 0.6) is 5.75 Å². The number of ether oxygens (including phenoxy) is 1. The average molecular weight is 355 g/mol. The van der Waals surface area contributed by atoms with Gasteiger partial charge in [0, 0.05) is 18.7 Å². The molecule has 4 rings (SSSR count). The number of rotatable bonds is 6. The Labute approximate surface area is 153 Å². The molecule has 0 spiro atoms. The molecule has 2 aromatic rings. The first-order chi connectivity index (χ1) is 12.6. The highest BCUT2D eigenvalue weighted by Gasteiger charge is 2.36. The molecule has 1 atom stereocenters. The third-order valence-corrected chi connectivity index (χ3v) is 5.11. The van der Waals surface area contributed by atoms with E-state index >= 15 is 0 Å². The fourth-order valence-electron chi connectivity index (χ4n) is 3.48. The summed E-state index contributed by atoms with van der Waals surface area (Å²) in [6, 6.07) is 11.5. The average Bonchev–Trinajstić information content (AvgIpc) is 3.41. The molecular formula is C20H25N3O3. The van der Waals surface area contributed by atoms with Crippen LogP contribution in [0.15, 0.2) is 42.6 Å². The van der Waals surface area contributed by atoms with Crippen LogP contribution in [-0.4, -0.2) is 51.0 Å². The van der Waals surface area contributed by atoms with Crippen molar-refractivity contribution in [2.75, 3.05) is 19.7 Å². The van der Waals surface area contributed by atoms with Crippen LogP contribution in [0, 0.1) is 0 Å². The van der Waals surface area contributed by atoms with Crippen LogP contribution in [-0.2, 0) is 11.3 Å². The molecule has 1 aliphatic carbocycles. The first-order valence-corrected chi connectivity index (χ1v) is 9.33. The molecule has 1 aliphatic heterocycles. The monoisotopic (exact) mass is 355 g/mol. The Morgan fingerprint density at radius 2 is 2.08 bits per heavy atom. The standard InChI is InChI=1S/C20H25N3O3/c24-19(13-23-12-9-18(21-23)16-7-8-16)22-11-4-10-20(25,14-22)15-26-17-5-2-1-3-6-17/h1-3,5-6,9,12,16,25H,4,7-8,10-11,13-15H2. The maximum atomic E-state index is 12.6. The van der Waals surface area contributed by atoms with Crippen molar-refractivity contribution in [3.8, 4) is 5.75 Å². The first kappa shape index (κ1) is 17.1. The summed E-state index contributed by atoms with van der Waals surface area (Å²) in [4.78, 5) is 14.4. The number of piperidine rings is 1. The van der Waals surface area contributed by atoms with Gasteiger partial charge < -0.3 is 14.7 Å². The molecule has 2 heterocycles. The van der Waals surface area contributed by atoms with Crippen molar-refractivity contribution >= 4 is 5.91 Å². The van der Waals surface area contributed by atoms with E-state index in [0.717, 1.165) is 17.9 Å². The highest BCUT2D eigenvalue weighted by molar-refractivity contribution is 5.76. The van der Waals surface area contributed by atoms with Crippen molar-refractivity contribution in [3.05, 3.63) is 48.3 Å². The fourth-order valence-corrected chi connectivity index (χ4v) is 3.48. The van der Waals surface area contributed by atoms with Crippen molar-refractivity contribution in [3.63, 3.8) is 0 Å². The normalized spacial score (nSPS) is 23.0. The molecule has 1 saturated heterocycles. The van der Waals surface area contributed by atoms with E-state index in [9.17, 15) is 9.90 Å². The van der Waals surface area contributed by atoms with Crippen LogP contribution in [0.3, 0.4) is 0 Å². The molecule has 2 fully saturated rings. The predicted molar refractivity (Wildman–Crippen MR) is 96.9 cm³/mol. The first-order valence-electron chi connectivity index (χ1n) is 9.33. The van der Waals surface area contributed by atoms with Crippen LogP contribution >= 0.6 is 0 Å². The minimum absolute atomic E-state index is 0.00622. The van der Waals surface area contributed by atoms with Gasteiger partial charge in [0.25, 0.3) is 0 Å². The molecule has 1 amide bonds. The quantitative estimate of drug-likeness (QED) is 0.863. The Bertz CT molecular complexity index is 757. The van der Waals surface area contributed by atoms with Gasteiger partial charge in [-0.1, -0.05) is 18.2 Å². The Morgan fingerprint density at radius 1 is 1.27 bits per heavy atom. The molecule has 1 saturated carbocycles. The maximum Gasteiger partial charge on any atom is 0.244 e. The number of amides is 1. The van der Waals surface area contributed by atoms with E-state index < -0.39 is 5.60 Å². The largest absolute Gasteiger partial charge is 0.491 e. The predicted octanol–water partition coefficient (Wildman–Crippen LogP) is 2.19. The van der Waals surface area contributed by atoms with Gasteiger partial charge in [0.05, 0.1) is 12.2 Å². The lowest BCUT2D eigenvalue weighted by Gasteiger charge is -2.38. The van der Waals surface area contributed by atoms with Crippen molar-refractivity contribution in [1.29, 1.82) is 0 Å². The zero-order valence-electron chi connectivity index (χ0n) is 14.9. The van der Waals surface area contributed by atoms with Gasteiger partial charge in [-0.15, -0.1) is 0 Å². The van der Waals surface area contributed by atoms with Gasteiger partial charge >= 0.3 is 0 Å². The molecule has 1 aromatic carbocycles. The third-order valence-electron chi connectivity index (χ3n) is 5.11. The number of hydrogen-bond donors (Lipinski definition) is 1. The summed E-state index contributed by atoms with van der Waals surface area (Å²) in [6.45, 7) is 1.38. The van der Waals surface area contributed by atoms with Gasteiger partial charge in [-0.25, -0.2) is 0 Å². The third kappa shape index (κ3) is 4.07. The van der Waals surface area contributed by atoms with E-state index in [1.807, 2.05) is 42.6 Å². The smallest absolute Gasteiger partial charge is 0.244 e. The van der Waals surface area contributed by atoms with Crippen LogP contribution in [0.1, 0.15) is 37.3 Å². The number of aromatic nitrogens is 2. The highest BCUT2D eigenvalue weighted by atomic mass is 16.5. The topological polar surface area (TPSA) is 67.6 Å². The summed E-state index contributed by atoms with van der Waals surface area (Å²) >= 11 is 0. The lowest BCUT2D eigenvalue weighted by Crippen LogP contribution is -2.53. The van der Waals surface area contributed by atoms with Crippen molar-refractivity contribution in [2.24, 2.45) is 0 Å². The SMILES string of the molecule is O=C(Cn1ccc(C2CC2)n1)N1CCCC(O)(COc2ccccc2)C1. The molecule has 1 aromatic heterocycles. The minimum atomic E-state index is -1.01. The van der Waals surface area contributed by atoms with Gasteiger partial charge in [0.15, 0.2) is 0 Å².